The molecule has 0 bridgehead atoms. The molecule has 0 radical (unpaired) electrons. The van der Waals surface area contributed by atoms with E-state index in [9.17, 15) is 19.8 Å². The van der Waals surface area contributed by atoms with Crippen molar-refractivity contribution < 1.29 is 19.8 Å². The summed E-state index contributed by atoms with van der Waals surface area (Å²) >= 11 is 0. The van der Waals surface area contributed by atoms with E-state index >= 15 is 0 Å². The van der Waals surface area contributed by atoms with Crippen LogP contribution in [0.25, 0.3) is 0 Å². The number of nitrogens with zero attached hydrogens (tertiary/aromatic N) is 1. The second-order valence-corrected chi connectivity index (χ2v) is 8.49. The lowest BCUT2D eigenvalue weighted by atomic mass is 10.0. The number of carbonyl (C=O) groups excluding carboxylic acids is 2. The van der Waals surface area contributed by atoms with Gasteiger partial charge in [-0.15, -0.1) is 0 Å². The Labute approximate surface area is 193 Å². The zero-order valence-corrected chi connectivity index (χ0v) is 18.5. The molecule has 2 amide bonds. The highest BCUT2D eigenvalue weighted by atomic mass is 16.3. The number of aliphatic hydroxyl groups is 2. The van der Waals surface area contributed by atoms with Crippen LogP contribution in [0.4, 0.5) is 0 Å². The summed E-state index contributed by atoms with van der Waals surface area (Å²) < 4.78 is 0. The Hall–Kier alpha value is -3.48. The highest BCUT2D eigenvalue weighted by Gasteiger charge is 2.35. The molecule has 0 aromatic heterocycles. The van der Waals surface area contributed by atoms with Gasteiger partial charge in [0.05, 0.1) is 6.04 Å². The lowest BCUT2D eigenvalue weighted by Gasteiger charge is -2.24. The van der Waals surface area contributed by atoms with E-state index in [0.29, 0.717) is 13.1 Å². The van der Waals surface area contributed by atoms with Crippen LogP contribution in [0.1, 0.15) is 40.8 Å². The number of nitrogens with one attached hydrogen (secondary N) is 1. The number of aliphatic hydroxyl groups excluding tert-OH is 2. The molecule has 1 aliphatic rings. The van der Waals surface area contributed by atoms with Gasteiger partial charge in [0, 0.05) is 13.1 Å². The average Bonchev–Trinajstić information content (AvgIpc) is 3.28. The first-order valence-corrected chi connectivity index (χ1v) is 11.1. The number of benzene rings is 3. The summed E-state index contributed by atoms with van der Waals surface area (Å²) in [6.45, 7) is 2.50. The standard InChI is InChI=1S/C27H28N2O4/c1-18(21-13-11-20(12-14-21)15-19-7-3-2-4-8-19)28-26(32)24(30)25(31)27(33)29-16-22-9-5-6-10-23(22)17-29/h2-14,18,24-25,30-31H,15-17H2,1H3,(H,28,32)/t18-,24+,25+/m0/s1. The number of rotatable bonds is 7. The van der Waals surface area contributed by atoms with Crippen LogP contribution in [-0.4, -0.2) is 39.1 Å². The van der Waals surface area contributed by atoms with Crippen molar-refractivity contribution in [3.05, 3.63) is 107 Å². The maximum atomic E-state index is 12.6. The van der Waals surface area contributed by atoms with Gasteiger partial charge in [-0.1, -0.05) is 78.9 Å². The molecule has 1 aliphatic heterocycles. The first-order valence-electron chi connectivity index (χ1n) is 11.1. The Morgan fingerprint density at radius 3 is 1.97 bits per heavy atom. The van der Waals surface area contributed by atoms with Crippen LogP contribution < -0.4 is 5.32 Å². The second kappa shape index (κ2) is 9.98. The summed E-state index contributed by atoms with van der Waals surface area (Å²) in [7, 11) is 0. The zero-order chi connectivity index (χ0) is 23.4. The fourth-order valence-electron chi connectivity index (χ4n) is 4.09. The molecule has 0 aliphatic carbocycles. The molecule has 3 atom stereocenters. The van der Waals surface area contributed by atoms with Gasteiger partial charge in [-0.3, -0.25) is 9.59 Å². The van der Waals surface area contributed by atoms with E-state index in [4.69, 9.17) is 0 Å². The van der Waals surface area contributed by atoms with Crippen LogP contribution in [0.15, 0.2) is 78.9 Å². The van der Waals surface area contributed by atoms with Gasteiger partial charge in [-0.05, 0) is 41.2 Å². The van der Waals surface area contributed by atoms with Crippen molar-refractivity contribution in [2.75, 3.05) is 0 Å². The van der Waals surface area contributed by atoms with Gasteiger partial charge in [-0.25, -0.2) is 0 Å². The molecular weight excluding hydrogens is 416 g/mol. The average molecular weight is 445 g/mol. The first kappa shape index (κ1) is 22.7. The first-order chi connectivity index (χ1) is 15.9. The third kappa shape index (κ3) is 5.30. The number of amides is 2. The second-order valence-electron chi connectivity index (χ2n) is 8.49. The van der Waals surface area contributed by atoms with E-state index in [1.807, 2.05) is 66.7 Å². The van der Waals surface area contributed by atoms with E-state index in [1.54, 1.807) is 6.92 Å². The molecule has 3 aromatic carbocycles. The molecule has 6 heteroatoms. The molecule has 6 nitrogen and oxygen atoms in total. The Kier molecular flexibility index (Phi) is 6.87. The minimum absolute atomic E-state index is 0.353. The molecule has 0 fully saturated rings. The van der Waals surface area contributed by atoms with Gasteiger partial charge >= 0.3 is 0 Å². The number of hydrogen-bond donors (Lipinski definition) is 3. The lowest BCUT2D eigenvalue weighted by molar-refractivity contribution is -0.153. The molecule has 0 unspecified atom stereocenters. The molecule has 1 heterocycles. The normalized spacial score (nSPS) is 15.4. The molecule has 3 N–H and O–H groups in total. The minimum atomic E-state index is -1.85. The van der Waals surface area contributed by atoms with Gasteiger partial charge in [0.25, 0.3) is 11.8 Å². The predicted molar refractivity (Wildman–Crippen MR) is 125 cm³/mol. The molecule has 0 saturated heterocycles. The van der Waals surface area contributed by atoms with Crippen LogP contribution >= 0.6 is 0 Å². The third-order valence-corrected chi connectivity index (χ3v) is 6.06. The van der Waals surface area contributed by atoms with E-state index in [1.165, 1.54) is 10.5 Å². The Morgan fingerprint density at radius 1 is 0.818 bits per heavy atom. The van der Waals surface area contributed by atoms with Gasteiger partial charge in [-0.2, -0.15) is 0 Å². The van der Waals surface area contributed by atoms with Crippen molar-refractivity contribution in [1.82, 2.24) is 10.2 Å². The predicted octanol–water partition coefficient (Wildman–Crippen LogP) is 2.72. The lowest BCUT2D eigenvalue weighted by Crippen LogP contribution is -2.50. The Morgan fingerprint density at radius 2 is 1.36 bits per heavy atom. The Balaban J connectivity index is 1.32. The van der Waals surface area contributed by atoms with Gasteiger partial charge in [0.15, 0.2) is 12.2 Å². The van der Waals surface area contributed by atoms with Crippen molar-refractivity contribution in [2.24, 2.45) is 0 Å². The molecule has 0 spiro atoms. The highest BCUT2D eigenvalue weighted by Crippen LogP contribution is 2.23. The fourth-order valence-corrected chi connectivity index (χ4v) is 4.09. The highest BCUT2D eigenvalue weighted by molar-refractivity contribution is 5.91. The van der Waals surface area contributed by atoms with Gasteiger partial charge in [0.2, 0.25) is 0 Å². The topological polar surface area (TPSA) is 89.9 Å². The summed E-state index contributed by atoms with van der Waals surface area (Å²) in [4.78, 5) is 26.6. The summed E-state index contributed by atoms with van der Waals surface area (Å²) in [5, 5.41) is 23.4. The summed E-state index contributed by atoms with van der Waals surface area (Å²) in [5.41, 5.74) is 5.23. The van der Waals surface area contributed by atoms with E-state index in [-0.39, 0.29) is 0 Å². The summed E-state index contributed by atoms with van der Waals surface area (Å²) in [6.07, 6.45) is -2.85. The fraction of sp³-hybridized carbons (Fsp3) is 0.259. The van der Waals surface area contributed by atoms with Crippen molar-refractivity contribution in [3.63, 3.8) is 0 Å². The molecule has 4 rings (SSSR count). The zero-order valence-electron chi connectivity index (χ0n) is 18.5. The van der Waals surface area contributed by atoms with Crippen molar-refractivity contribution in [1.29, 1.82) is 0 Å². The SMILES string of the molecule is C[C@H](NC(=O)[C@H](O)[C@@H](O)C(=O)N1Cc2ccccc2C1)c1ccc(Cc2ccccc2)cc1. The number of carbonyl (C=O) groups is 2. The van der Waals surface area contributed by atoms with Crippen LogP contribution in [0, 0.1) is 0 Å². The van der Waals surface area contributed by atoms with Crippen LogP contribution in [0.3, 0.4) is 0 Å². The quantitative estimate of drug-likeness (QED) is 0.523. The van der Waals surface area contributed by atoms with E-state index in [2.05, 4.69) is 17.4 Å². The smallest absolute Gasteiger partial charge is 0.255 e. The van der Waals surface area contributed by atoms with Gasteiger partial charge in [0.1, 0.15) is 0 Å². The maximum absolute atomic E-state index is 12.6. The summed E-state index contributed by atoms with van der Waals surface area (Å²) in [5.74, 6) is -1.44. The van der Waals surface area contributed by atoms with E-state index < -0.39 is 30.1 Å². The largest absolute Gasteiger partial charge is 0.380 e. The summed E-state index contributed by atoms with van der Waals surface area (Å²) in [6, 6.07) is 25.3. The number of hydrogen-bond acceptors (Lipinski definition) is 4. The van der Waals surface area contributed by atoms with Crippen LogP contribution in [0.2, 0.25) is 0 Å². The van der Waals surface area contributed by atoms with E-state index in [0.717, 1.165) is 28.7 Å². The minimum Gasteiger partial charge on any atom is -0.380 e. The van der Waals surface area contributed by atoms with Crippen molar-refractivity contribution in [3.8, 4) is 0 Å². The Bertz CT molecular complexity index is 1090. The van der Waals surface area contributed by atoms with Crippen LogP contribution in [-0.2, 0) is 29.1 Å². The maximum Gasteiger partial charge on any atom is 0.255 e. The molecule has 3 aromatic rings. The number of fused-ring (bicyclic) bond motifs is 1. The molecule has 33 heavy (non-hydrogen) atoms. The van der Waals surface area contributed by atoms with Crippen molar-refractivity contribution >= 4 is 11.8 Å². The van der Waals surface area contributed by atoms with Crippen LogP contribution in [0.5, 0.6) is 0 Å². The van der Waals surface area contributed by atoms with Crippen molar-refractivity contribution in [2.45, 2.75) is 44.7 Å². The monoisotopic (exact) mass is 444 g/mol. The van der Waals surface area contributed by atoms with Gasteiger partial charge < -0.3 is 20.4 Å². The third-order valence-electron chi connectivity index (χ3n) is 6.06. The molecule has 170 valence electrons. The molecule has 0 saturated carbocycles. The molecular formula is C27H28N2O4.